The van der Waals surface area contributed by atoms with Gasteiger partial charge in [-0.15, -0.1) is 0 Å². The van der Waals surface area contributed by atoms with E-state index in [1.807, 2.05) is 67.6 Å². The summed E-state index contributed by atoms with van der Waals surface area (Å²) in [6.45, 7) is 2.42. The van der Waals surface area contributed by atoms with E-state index in [1.165, 1.54) is 6.07 Å². The molecule has 0 aliphatic carbocycles. The predicted octanol–water partition coefficient (Wildman–Crippen LogP) is 5.58. The van der Waals surface area contributed by atoms with E-state index in [2.05, 4.69) is 4.99 Å². The molecule has 0 heterocycles. The second kappa shape index (κ2) is 8.25. The average molecular weight is 333 g/mol. The number of ether oxygens (including phenoxy) is 1. The molecule has 3 rings (SSSR count). The lowest BCUT2D eigenvalue weighted by atomic mass is 10.1. The summed E-state index contributed by atoms with van der Waals surface area (Å²) in [5.74, 6) is 0.583. The largest absolute Gasteiger partial charge is 0.489 e. The topological polar surface area (TPSA) is 21.6 Å². The second-order valence-electron chi connectivity index (χ2n) is 5.82. The van der Waals surface area contributed by atoms with Crippen LogP contribution in [0, 0.1) is 5.82 Å². The van der Waals surface area contributed by atoms with Gasteiger partial charge in [0.25, 0.3) is 0 Å². The standard InChI is InChI=1S/C22H20FNO/c1-17(21-9-5-6-10-22(21)23)24-15-18-11-13-20(14-12-18)25-16-19-7-3-2-4-8-19/h2-15,17H,16H2,1H3/b24-15-. The van der Waals surface area contributed by atoms with Gasteiger partial charge in [0.05, 0.1) is 6.04 Å². The SMILES string of the molecule is CC(/N=C\c1ccc(OCc2ccccc2)cc1)c1ccccc1F. The van der Waals surface area contributed by atoms with Crippen molar-refractivity contribution in [3.8, 4) is 5.75 Å². The predicted molar refractivity (Wildman–Crippen MR) is 99.6 cm³/mol. The summed E-state index contributed by atoms with van der Waals surface area (Å²) in [7, 11) is 0. The van der Waals surface area contributed by atoms with E-state index >= 15 is 0 Å². The Labute approximate surface area is 147 Å². The molecule has 0 saturated heterocycles. The van der Waals surface area contributed by atoms with E-state index in [0.717, 1.165) is 16.9 Å². The van der Waals surface area contributed by atoms with Crippen molar-refractivity contribution in [1.29, 1.82) is 0 Å². The Morgan fingerprint density at radius 2 is 1.60 bits per heavy atom. The van der Waals surface area contributed by atoms with Crippen LogP contribution in [0.15, 0.2) is 83.9 Å². The fourth-order valence-electron chi connectivity index (χ4n) is 2.48. The lowest BCUT2D eigenvalue weighted by molar-refractivity contribution is 0.306. The molecule has 0 amide bonds. The van der Waals surface area contributed by atoms with Crippen molar-refractivity contribution in [3.63, 3.8) is 0 Å². The molecule has 0 aromatic heterocycles. The molecule has 0 aliphatic heterocycles. The minimum absolute atomic E-state index is 0.225. The number of aliphatic imine (C=N–C) groups is 1. The van der Waals surface area contributed by atoms with Crippen LogP contribution >= 0.6 is 0 Å². The zero-order valence-corrected chi connectivity index (χ0v) is 14.1. The highest BCUT2D eigenvalue weighted by Gasteiger charge is 2.07. The third-order valence-corrected chi connectivity index (χ3v) is 3.93. The Hall–Kier alpha value is -2.94. The van der Waals surface area contributed by atoms with Crippen LogP contribution in [0.2, 0.25) is 0 Å². The maximum atomic E-state index is 13.8. The van der Waals surface area contributed by atoms with Crippen molar-refractivity contribution < 1.29 is 9.13 Å². The van der Waals surface area contributed by atoms with Gasteiger partial charge in [0.2, 0.25) is 0 Å². The molecule has 0 radical (unpaired) electrons. The van der Waals surface area contributed by atoms with Crippen molar-refractivity contribution in [2.45, 2.75) is 19.6 Å². The first-order valence-corrected chi connectivity index (χ1v) is 8.27. The fourth-order valence-corrected chi connectivity index (χ4v) is 2.48. The molecule has 0 bridgehead atoms. The molecule has 0 saturated carbocycles. The maximum Gasteiger partial charge on any atom is 0.128 e. The Morgan fingerprint density at radius 1 is 0.920 bits per heavy atom. The second-order valence-corrected chi connectivity index (χ2v) is 5.82. The molecule has 2 nitrogen and oxygen atoms in total. The van der Waals surface area contributed by atoms with E-state index in [0.29, 0.717) is 12.2 Å². The summed E-state index contributed by atoms with van der Waals surface area (Å²) < 4.78 is 19.5. The zero-order chi connectivity index (χ0) is 17.5. The first-order chi connectivity index (χ1) is 12.2. The molecule has 1 unspecified atom stereocenters. The van der Waals surface area contributed by atoms with Crippen LogP contribution < -0.4 is 4.74 Å². The molecule has 3 heteroatoms. The van der Waals surface area contributed by atoms with Crippen LogP contribution in [0.25, 0.3) is 0 Å². The van der Waals surface area contributed by atoms with Gasteiger partial charge in [0, 0.05) is 11.8 Å². The molecule has 0 aliphatic rings. The van der Waals surface area contributed by atoms with E-state index in [-0.39, 0.29) is 11.9 Å². The highest BCUT2D eigenvalue weighted by atomic mass is 19.1. The fraction of sp³-hybridized carbons (Fsp3) is 0.136. The number of hydrogen-bond donors (Lipinski definition) is 0. The summed E-state index contributed by atoms with van der Waals surface area (Å²) in [6.07, 6.45) is 1.76. The van der Waals surface area contributed by atoms with Crippen LogP contribution in [-0.2, 0) is 6.61 Å². The monoisotopic (exact) mass is 333 g/mol. The van der Waals surface area contributed by atoms with Crippen molar-refractivity contribution >= 4 is 6.21 Å². The van der Waals surface area contributed by atoms with Gasteiger partial charge in [-0.05, 0) is 48.4 Å². The van der Waals surface area contributed by atoms with E-state index in [9.17, 15) is 4.39 Å². The van der Waals surface area contributed by atoms with Gasteiger partial charge in [0.1, 0.15) is 18.2 Å². The zero-order valence-electron chi connectivity index (χ0n) is 14.1. The van der Waals surface area contributed by atoms with E-state index in [4.69, 9.17) is 4.74 Å². The summed E-state index contributed by atoms with van der Waals surface area (Å²) >= 11 is 0. The Morgan fingerprint density at radius 3 is 2.32 bits per heavy atom. The van der Waals surface area contributed by atoms with Crippen LogP contribution in [0.5, 0.6) is 5.75 Å². The minimum Gasteiger partial charge on any atom is -0.489 e. The molecule has 0 fully saturated rings. The van der Waals surface area contributed by atoms with Gasteiger partial charge in [-0.25, -0.2) is 4.39 Å². The van der Waals surface area contributed by atoms with Gasteiger partial charge in [0.15, 0.2) is 0 Å². The van der Waals surface area contributed by atoms with Crippen molar-refractivity contribution in [1.82, 2.24) is 0 Å². The first-order valence-electron chi connectivity index (χ1n) is 8.27. The molecular formula is C22H20FNO. The maximum absolute atomic E-state index is 13.8. The Bertz CT molecular complexity index is 828. The quantitative estimate of drug-likeness (QED) is 0.539. The van der Waals surface area contributed by atoms with Gasteiger partial charge in [-0.2, -0.15) is 0 Å². The molecule has 126 valence electrons. The molecule has 3 aromatic carbocycles. The molecule has 0 N–H and O–H groups in total. The van der Waals surface area contributed by atoms with Crippen molar-refractivity contribution in [2.24, 2.45) is 4.99 Å². The third kappa shape index (κ3) is 4.77. The number of nitrogens with zero attached hydrogens (tertiary/aromatic N) is 1. The molecule has 1 atom stereocenters. The van der Waals surface area contributed by atoms with E-state index in [1.54, 1.807) is 18.3 Å². The molecule has 25 heavy (non-hydrogen) atoms. The molecule has 0 spiro atoms. The van der Waals surface area contributed by atoms with Gasteiger partial charge < -0.3 is 4.74 Å². The van der Waals surface area contributed by atoms with Crippen molar-refractivity contribution in [3.05, 3.63) is 101 Å². The van der Waals surface area contributed by atoms with Crippen molar-refractivity contribution in [2.75, 3.05) is 0 Å². The summed E-state index contributed by atoms with van der Waals surface area (Å²) in [6, 6.07) is 24.3. The summed E-state index contributed by atoms with van der Waals surface area (Å²) in [4.78, 5) is 4.44. The highest BCUT2D eigenvalue weighted by molar-refractivity contribution is 5.79. The number of hydrogen-bond acceptors (Lipinski definition) is 2. The van der Waals surface area contributed by atoms with Crippen LogP contribution in [-0.4, -0.2) is 6.21 Å². The van der Waals surface area contributed by atoms with E-state index < -0.39 is 0 Å². The van der Waals surface area contributed by atoms with Gasteiger partial charge >= 0.3 is 0 Å². The first kappa shape index (κ1) is 16.9. The summed E-state index contributed by atoms with van der Waals surface area (Å²) in [5, 5.41) is 0. The highest BCUT2D eigenvalue weighted by Crippen LogP contribution is 2.20. The lowest BCUT2D eigenvalue weighted by Crippen LogP contribution is -1.96. The number of halogens is 1. The van der Waals surface area contributed by atoms with Crippen LogP contribution in [0.1, 0.15) is 29.7 Å². The average Bonchev–Trinajstić information content (AvgIpc) is 2.66. The molecule has 3 aromatic rings. The number of rotatable bonds is 6. The minimum atomic E-state index is -0.227. The lowest BCUT2D eigenvalue weighted by Gasteiger charge is -2.08. The van der Waals surface area contributed by atoms with Crippen LogP contribution in [0.4, 0.5) is 4.39 Å². The Kier molecular flexibility index (Phi) is 5.57. The number of benzene rings is 3. The van der Waals surface area contributed by atoms with Crippen LogP contribution in [0.3, 0.4) is 0 Å². The summed E-state index contributed by atoms with van der Waals surface area (Å²) in [5.41, 5.74) is 2.68. The Balaban J connectivity index is 1.59. The third-order valence-electron chi connectivity index (χ3n) is 3.93. The normalized spacial score (nSPS) is 12.2. The molecular weight excluding hydrogens is 313 g/mol. The van der Waals surface area contributed by atoms with Gasteiger partial charge in [-0.3, -0.25) is 4.99 Å². The van der Waals surface area contributed by atoms with Gasteiger partial charge in [-0.1, -0.05) is 48.5 Å². The smallest absolute Gasteiger partial charge is 0.128 e.